The topological polar surface area (TPSA) is 109 Å². The monoisotopic (exact) mass is 366 g/mol. The SMILES string of the molecule is O=c1c2nnn(-c3ccc(F)cc3)c2ncn1Cc1ccc([N+](=O)[O-])cc1. The van der Waals surface area contributed by atoms with Crippen LogP contribution in [-0.4, -0.2) is 29.5 Å². The quantitative estimate of drug-likeness (QED) is 0.404. The number of fused-ring (bicyclic) bond motifs is 1. The molecule has 0 unspecified atom stereocenters. The van der Waals surface area contributed by atoms with Crippen molar-refractivity contribution in [2.75, 3.05) is 0 Å². The van der Waals surface area contributed by atoms with Crippen molar-refractivity contribution in [3.05, 3.63) is 86.7 Å². The largest absolute Gasteiger partial charge is 0.293 e. The highest BCUT2D eigenvalue weighted by molar-refractivity contribution is 5.70. The molecule has 134 valence electrons. The van der Waals surface area contributed by atoms with Crippen molar-refractivity contribution in [2.45, 2.75) is 6.54 Å². The van der Waals surface area contributed by atoms with Crippen molar-refractivity contribution in [3.8, 4) is 5.69 Å². The Bertz CT molecular complexity index is 1200. The summed E-state index contributed by atoms with van der Waals surface area (Å²) in [5.74, 6) is -0.387. The Morgan fingerprint density at radius 3 is 2.44 bits per heavy atom. The van der Waals surface area contributed by atoms with E-state index in [9.17, 15) is 19.3 Å². The van der Waals surface area contributed by atoms with Crippen LogP contribution in [0.4, 0.5) is 10.1 Å². The van der Waals surface area contributed by atoms with Crippen LogP contribution < -0.4 is 5.56 Å². The Morgan fingerprint density at radius 2 is 1.78 bits per heavy atom. The fourth-order valence-electron chi connectivity index (χ4n) is 2.63. The Kier molecular flexibility index (Phi) is 3.92. The first-order valence-electron chi connectivity index (χ1n) is 7.83. The van der Waals surface area contributed by atoms with Gasteiger partial charge in [0.2, 0.25) is 0 Å². The van der Waals surface area contributed by atoms with Crippen LogP contribution in [-0.2, 0) is 6.54 Å². The lowest BCUT2D eigenvalue weighted by molar-refractivity contribution is -0.384. The van der Waals surface area contributed by atoms with E-state index in [-0.39, 0.29) is 29.2 Å². The zero-order valence-electron chi connectivity index (χ0n) is 13.7. The summed E-state index contributed by atoms with van der Waals surface area (Å²) < 4.78 is 15.8. The number of non-ortho nitro benzene ring substituents is 1. The third-order valence-corrected chi connectivity index (χ3v) is 4.00. The lowest BCUT2D eigenvalue weighted by Crippen LogP contribution is -2.21. The molecular formula is C17H11FN6O3. The van der Waals surface area contributed by atoms with Crippen LogP contribution in [0.2, 0.25) is 0 Å². The van der Waals surface area contributed by atoms with Crippen LogP contribution in [0.3, 0.4) is 0 Å². The summed E-state index contributed by atoms with van der Waals surface area (Å²) in [7, 11) is 0. The summed E-state index contributed by atoms with van der Waals surface area (Å²) in [6, 6.07) is 11.5. The molecule has 0 radical (unpaired) electrons. The summed E-state index contributed by atoms with van der Waals surface area (Å²) in [5, 5.41) is 18.5. The van der Waals surface area contributed by atoms with E-state index >= 15 is 0 Å². The second kappa shape index (κ2) is 6.41. The highest BCUT2D eigenvalue weighted by atomic mass is 19.1. The van der Waals surface area contributed by atoms with Gasteiger partial charge in [-0.2, -0.15) is 4.68 Å². The molecule has 4 rings (SSSR count). The molecule has 27 heavy (non-hydrogen) atoms. The average Bonchev–Trinajstić information content (AvgIpc) is 3.10. The molecule has 0 saturated carbocycles. The van der Waals surface area contributed by atoms with Crippen LogP contribution in [0.1, 0.15) is 5.56 Å². The van der Waals surface area contributed by atoms with Crippen LogP contribution in [0.25, 0.3) is 16.9 Å². The number of nitrogens with zero attached hydrogens (tertiary/aromatic N) is 6. The second-order valence-electron chi connectivity index (χ2n) is 5.75. The normalized spacial score (nSPS) is 11.0. The highest BCUT2D eigenvalue weighted by Gasteiger charge is 2.14. The molecule has 0 aliphatic heterocycles. The zero-order valence-corrected chi connectivity index (χ0v) is 13.7. The molecule has 2 aromatic heterocycles. The van der Waals surface area contributed by atoms with E-state index in [1.807, 2.05) is 0 Å². The van der Waals surface area contributed by atoms with Crippen molar-refractivity contribution < 1.29 is 9.31 Å². The molecule has 0 aliphatic rings. The van der Waals surface area contributed by atoms with Crippen molar-refractivity contribution in [2.24, 2.45) is 0 Å². The smallest absolute Gasteiger partial charge is 0.283 e. The lowest BCUT2D eigenvalue weighted by Gasteiger charge is -2.05. The molecule has 4 aromatic rings. The van der Waals surface area contributed by atoms with Crippen molar-refractivity contribution in [1.82, 2.24) is 24.5 Å². The van der Waals surface area contributed by atoms with E-state index in [0.29, 0.717) is 11.3 Å². The molecule has 0 spiro atoms. The van der Waals surface area contributed by atoms with E-state index in [0.717, 1.165) is 0 Å². The predicted octanol–water partition coefficient (Wildman–Crippen LogP) is 2.07. The molecule has 0 aliphatic carbocycles. The van der Waals surface area contributed by atoms with Gasteiger partial charge in [-0.15, -0.1) is 5.10 Å². The first-order chi connectivity index (χ1) is 13.0. The minimum atomic E-state index is -0.489. The van der Waals surface area contributed by atoms with Gasteiger partial charge in [-0.05, 0) is 29.8 Å². The molecule has 0 N–H and O–H groups in total. The van der Waals surface area contributed by atoms with Crippen LogP contribution in [0.5, 0.6) is 0 Å². The standard InChI is InChI=1S/C17H11FN6O3/c18-12-3-7-13(8-4-12)23-16-15(20-21-23)17(25)22(10-19-16)9-11-1-5-14(6-2-11)24(26)27/h1-8,10H,9H2. The van der Waals surface area contributed by atoms with Gasteiger partial charge < -0.3 is 0 Å². The number of aromatic nitrogens is 5. The molecule has 9 nitrogen and oxygen atoms in total. The number of nitro groups is 1. The van der Waals surface area contributed by atoms with Crippen LogP contribution in [0, 0.1) is 15.9 Å². The Hall–Kier alpha value is -3.95. The van der Waals surface area contributed by atoms with Gasteiger partial charge in [0.15, 0.2) is 11.2 Å². The van der Waals surface area contributed by atoms with Gasteiger partial charge in [0.05, 0.1) is 17.2 Å². The maximum atomic E-state index is 13.1. The molecule has 0 fully saturated rings. The van der Waals surface area contributed by atoms with Crippen LogP contribution >= 0.6 is 0 Å². The first kappa shape index (κ1) is 16.5. The number of hydrogen-bond donors (Lipinski definition) is 0. The van der Waals surface area contributed by atoms with E-state index in [1.165, 1.54) is 52.0 Å². The fourth-order valence-corrected chi connectivity index (χ4v) is 2.63. The van der Waals surface area contributed by atoms with Crippen LogP contribution in [0.15, 0.2) is 59.7 Å². The number of nitro benzene ring substituents is 1. The first-order valence-corrected chi connectivity index (χ1v) is 7.83. The summed E-state index contributed by atoms with van der Waals surface area (Å²) >= 11 is 0. The minimum absolute atomic E-state index is 0.0260. The number of hydrogen-bond acceptors (Lipinski definition) is 6. The summed E-state index contributed by atoms with van der Waals surface area (Å²) in [6.45, 7) is 0.184. The van der Waals surface area contributed by atoms with Gasteiger partial charge in [-0.25, -0.2) is 9.37 Å². The van der Waals surface area contributed by atoms with E-state index in [1.54, 1.807) is 12.1 Å². The van der Waals surface area contributed by atoms with E-state index in [4.69, 9.17) is 0 Å². The molecule has 2 aromatic carbocycles. The Labute approximate surface area is 150 Å². The highest BCUT2D eigenvalue weighted by Crippen LogP contribution is 2.14. The summed E-state index contributed by atoms with van der Waals surface area (Å²) in [5.41, 5.74) is 1.14. The molecule has 2 heterocycles. The Morgan fingerprint density at radius 1 is 1.07 bits per heavy atom. The van der Waals surface area contributed by atoms with Gasteiger partial charge in [0.1, 0.15) is 12.1 Å². The third kappa shape index (κ3) is 3.03. The van der Waals surface area contributed by atoms with Crippen molar-refractivity contribution in [1.29, 1.82) is 0 Å². The van der Waals surface area contributed by atoms with Gasteiger partial charge >= 0.3 is 0 Å². The number of halogens is 1. The van der Waals surface area contributed by atoms with Gasteiger partial charge in [-0.1, -0.05) is 17.3 Å². The minimum Gasteiger partial charge on any atom is -0.293 e. The molecular weight excluding hydrogens is 355 g/mol. The van der Waals surface area contributed by atoms with Crippen molar-refractivity contribution >= 4 is 16.9 Å². The van der Waals surface area contributed by atoms with Gasteiger partial charge in [0.25, 0.3) is 11.2 Å². The third-order valence-electron chi connectivity index (χ3n) is 4.00. The predicted molar refractivity (Wildman–Crippen MR) is 93.1 cm³/mol. The van der Waals surface area contributed by atoms with E-state index in [2.05, 4.69) is 15.3 Å². The summed E-state index contributed by atoms with van der Waals surface area (Å²) in [4.78, 5) is 27.1. The second-order valence-corrected chi connectivity index (χ2v) is 5.75. The Balaban J connectivity index is 1.70. The molecule has 0 saturated heterocycles. The van der Waals surface area contributed by atoms with Gasteiger partial charge in [0, 0.05) is 12.1 Å². The fraction of sp³-hybridized carbons (Fsp3) is 0.0588. The van der Waals surface area contributed by atoms with Gasteiger partial charge in [-0.3, -0.25) is 19.5 Å². The lowest BCUT2D eigenvalue weighted by atomic mass is 10.2. The number of rotatable bonds is 4. The summed E-state index contributed by atoms with van der Waals surface area (Å²) in [6.07, 6.45) is 1.36. The number of benzene rings is 2. The molecule has 0 atom stereocenters. The van der Waals surface area contributed by atoms with E-state index < -0.39 is 10.5 Å². The maximum absolute atomic E-state index is 13.1. The molecule has 0 bridgehead atoms. The van der Waals surface area contributed by atoms with Crippen molar-refractivity contribution in [3.63, 3.8) is 0 Å². The molecule has 0 amide bonds. The maximum Gasteiger partial charge on any atom is 0.283 e. The zero-order chi connectivity index (χ0) is 19.0. The molecule has 10 heteroatoms. The average molecular weight is 366 g/mol.